The van der Waals surface area contributed by atoms with Crippen LogP contribution in [0.15, 0.2) is 23.2 Å². The van der Waals surface area contributed by atoms with E-state index in [1.807, 2.05) is 13.8 Å². The van der Waals surface area contributed by atoms with E-state index in [1.54, 1.807) is 0 Å². The molecule has 0 radical (unpaired) electrons. The molecule has 2 atom stereocenters. The van der Waals surface area contributed by atoms with Gasteiger partial charge in [0.05, 0.1) is 6.04 Å². The minimum atomic E-state index is -0.588. The van der Waals surface area contributed by atoms with E-state index in [0.29, 0.717) is 42.9 Å². The molecule has 0 aliphatic carbocycles. The summed E-state index contributed by atoms with van der Waals surface area (Å²) < 4.78 is 27.0. The highest BCUT2D eigenvalue weighted by Gasteiger charge is 2.14. The van der Waals surface area contributed by atoms with Gasteiger partial charge in [0.25, 0.3) is 0 Å². The molecule has 0 spiro atoms. The van der Waals surface area contributed by atoms with Crippen LogP contribution in [0.3, 0.4) is 0 Å². The number of benzene rings is 1. The van der Waals surface area contributed by atoms with Crippen LogP contribution in [0.4, 0.5) is 8.78 Å². The number of nitrogens with zero attached hydrogens (tertiary/aromatic N) is 1. The molecule has 0 saturated heterocycles. The van der Waals surface area contributed by atoms with Crippen LogP contribution in [0.5, 0.6) is 0 Å². The average Bonchev–Trinajstić information content (AvgIpc) is 2.52. The summed E-state index contributed by atoms with van der Waals surface area (Å²) >= 11 is 0. The zero-order valence-electron chi connectivity index (χ0n) is 15.6. The fraction of sp³-hybridized carbons (Fsp3) is 0.632. The van der Waals surface area contributed by atoms with Gasteiger partial charge in [0.2, 0.25) is 0 Å². The van der Waals surface area contributed by atoms with E-state index in [2.05, 4.69) is 29.5 Å². The summed E-state index contributed by atoms with van der Waals surface area (Å²) in [7, 11) is 0. The van der Waals surface area contributed by atoms with Gasteiger partial charge in [0, 0.05) is 31.3 Å². The molecule has 0 fully saturated rings. The van der Waals surface area contributed by atoms with E-state index in [9.17, 15) is 13.9 Å². The zero-order valence-corrected chi connectivity index (χ0v) is 15.6. The predicted octanol–water partition coefficient (Wildman–Crippen LogP) is 3.63. The zero-order chi connectivity index (χ0) is 18.8. The molecule has 0 aliphatic rings. The smallest absolute Gasteiger partial charge is 0.191 e. The summed E-state index contributed by atoms with van der Waals surface area (Å²) in [6, 6.07) is 3.23. The highest BCUT2D eigenvalue weighted by atomic mass is 19.1. The third-order valence-corrected chi connectivity index (χ3v) is 3.98. The number of nitrogens with one attached hydrogen (secondary N) is 2. The molecular formula is C19H31F2N3O. The fourth-order valence-electron chi connectivity index (χ4n) is 2.81. The molecule has 4 nitrogen and oxygen atoms in total. The van der Waals surface area contributed by atoms with Crippen LogP contribution in [0, 0.1) is 23.5 Å². The Labute approximate surface area is 149 Å². The van der Waals surface area contributed by atoms with Crippen molar-refractivity contribution in [3.05, 3.63) is 35.4 Å². The second-order valence-electron chi connectivity index (χ2n) is 6.76. The van der Waals surface area contributed by atoms with Crippen LogP contribution < -0.4 is 10.6 Å². The molecule has 0 bridgehead atoms. The van der Waals surface area contributed by atoms with E-state index < -0.39 is 11.6 Å². The Morgan fingerprint density at radius 3 is 2.52 bits per heavy atom. The molecule has 2 unspecified atom stereocenters. The summed E-state index contributed by atoms with van der Waals surface area (Å²) in [4.78, 5) is 4.58. The summed E-state index contributed by atoms with van der Waals surface area (Å²) in [5.41, 5.74) is 0.390. The Hall–Kier alpha value is -1.69. The van der Waals surface area contributed by atoms with Gasteiger partial charge < -0.3 is 15.7 Å². The Morgan fingerprint density at radius 2 is 1.96 bits per heavy atom. The molecule has 3 N–H and O–H groups in total. The Balaban J connectivity index is 2.79. The highest BCUT2D eigenvalue weighted by Crippen LogP contribution is 2.18. The summed E-state index contributed by atoms with van der Waals surface area (Å²) in [6.45, 7) is 9.48. The molecule has 0 heterocycles. The van der Waals surface area contributed by atoms with Gasteiger partial charge in [-0.15, -0.1) is 0 Å². The van der Waals surface area contributed by atoms with Gasteiger partial charge >= 0.3 is 0 Å². The number of halogens is 2. The van der Waals surface area contributed by atoms with Crippen LogP contribution in [-0.2, 0) is 0 Å². The molecular weight excluding hydrogens is 324 g/mol. The first-order valence-electron chi connectivity index (χ1n) is 8.98. The summed E-state index contributed by atoms with van der Waals surface area (Å²) in [6.07, 6.45) is 1.70. The lowest BCUT2D eigenvalue weighted by molar-refractivity contribution is 0.245. The van der Waals surface area contributed by atoms with Crippen molar-refractivity contribution in [2.24, 2.45) is 16.8 Å². The largest absolute Gasteiger partial charge is 0.396 e. The number of hydrogen-bond donors (Lipinski definition) is 3. The third-order valence-electron chi connectivity index (χ3n) is 3.98. The number of aliphatic imine (C=N–C) groups is 1. The van der Waals surface area contributed by atoms with Gasteiger partial charge in [-0.3, -0.25) is 4.99 Å². The van der Waals surface area contributed by atoms with Crippen LogP contribution in [0.2, 0.25) is 0 Å². The van der Waals surface area contributed by atoms with Crippen molar-refractivity contribution >= 4 is 5.96 Å². The lowest BCUT2D eigenvalue weighted by atomic mass is 9.94. The maximum absolute atomic E-state index is 13.9. The molecule has 0 aliphatic heterocycles. The van der Waals surface area contributed by atoms with Gasteiger partial charge in [-0.05, 0) is 44.6 Å². The lowest BCUT2D eigenvalue weighted by Gasteiger charge is -2.20. The first kappa shape index (κ1) is 21.4. The topological polar surface area (TPSA) is 56.7 Å². The maximum Gasteiger partial charge on any atom is 0.191 e. The van der Waals surface area contributed by atoms with E-state index in [0.717, 1.165) is 12.5 Å². The van der Waals surface area contributed by atoms with Gasteiger partial charge in [0.15, 0.2) is 5.96 Å². The van der Waals surface area contributed by atoms with E-state index in [-0.39, 0.29) is 12.6 Å². The highest BCUT2D eigenvalue weighted by molar-refractivity contribution is 5.80. The quantitative estimate of drug-likeness (QED) is 0.468. The molecule has 25 heavy (non-hydrogen) atoms. The Kier molecular flexibility index (Phi) is 9.42. The molecule has 142 valence electrons. The number of aliphatic hydroxyl groups is 1. The van der Waals surface area contributed by atoms with Crippen molar-refractivity contribution in [2.45, 2.75) is 46.6 Å². The van der Waals surface area contributed by atoms with Gasteiger partial charge in [-0.1, -0.05) is 19.9 Å². The molecule has 0 amide bonds. The van der Waals surface area contributed by atoms with E-state index >= 15 is 0 Å². The van der Waals surface area contributed by atoms with Crippen LogP contribution in [0.25, 0.3) is 0 Å². The third kappa shape index (κ3) is 7.82. The van der Waals surface area contributed by atoms with Crippen molar-refractivity contribution in [3.63, 3.8) is 0 Å². The summed E-state index contributed by atoms with van der Waals surface area (Å²) in [5, 5.41) is 15.5. The summed E-state index contributed by atoms with van der Waals surface area (Å²) in [5.74, 6) is 0.265. The Bertz CT molecular complexity index is 549. The first-order chi connectivity index (χ1) is 11.9. The first-order valence-corrected chi connectivity index (χ1v) is 8.98. The van der Waals surface area contributed by atoms with Gasteiger partial charge in [0.1, 0.15) is 11.6 Å². The number of guanidine groups is 1. The van der Waals surface area contributed by atoms with Crippen LogP contribution in [0.1, 0.15) is 52.1 Å². The van der Waals surface area contributed by atoms with Crippen molar-refractivity contribution in [1.29, 1.82) is 0 Å². The molecule has 0 saturated carbocycles. The lowest BCUT2D eigenvalue weighted by Crippen LogP contribution is -2.39. The SMILES string of the molecule is CCNC(=NCC(CCO)CC(C)C)NC(C)c1ccc(F)cc1F. The van der Waals surface area contributed by atoms with Gasteiger partial charge in [-0.2, -0.15) is 0 Å². The fourth-order valence-corrected chi connectivity index (χ4v) is 2.81. The van der Waals surface area contributed by atoms with Crippen molar-refractivity contribution in [1.82, 2.24) is 10.6 Å². The average molecular weight is 355 g/mol. The Morgan fingerprint density at radius 1 is 1.24 bits per heavy atom. The second kappa shape index (κ2) is 11.0. The van der Waals surface area contributed by atoms with Gasteiger partial charge in [-0.25, -0.2) is 8.78 Å². The minimum absolute atomic E-state index is 0.147. The van der Waals surface area contributed by atoms with E-state index in [4.69, 9.17) is 0 Å². The van der Waals surface area contributed by atoms with Crippen molar-refractivity contribution < 1.29 is 13.9 Å². The van der Waals surface area contributed by atoms with E-state index in [1.165, 1.54) is 12.1 Å². The minimum Gasteiger partial charge on any atom is -0.396 e. The molecule has 0 aromatic heterocycles. The number of aliphatic hydroxyl groups excluding tert-OH is 1. The molecule has 1 aromatic rings. The van der Waals surface area contributed by atoms with Crippen LogP contribution >= 0.6 is 0 Å². The normalized spacial score (nSPS) is 14.5. The molecule has 1 rings (SSSR count). The molecule has 6 heteroatoms. The second-order valence-corrected chi connectivity index (χ2v) is 6.76. The standard InChI is InChI=1S/C19H31F2N3O/c1-5-22-19(23-12-15(8-9-25)10-13(2)3)24-14(4)17-7-6-16(20)11-18(17)21/h6-7,11,13-15,25H,5,8-10,12H2,1-4H3,(H2,22,23,24). The van der Waals surface area contributed by atoms with Crippen molar-refractivity contribution in [2.75, 3.05) is 19.7 Å². The monoisotopic (exact) mass is 355 g/mol. The maximum atomic E-state index is 13.9. The predicted molar refractivity (Wildman–Crippen MR) is 98.5 cm³/mol. The molecule has 1 aromatic carbocycles. The van der Waals surface area contributed by atoms with Crippen LogP contribution in [-0.4, -0.2) is 30.8 Å². The van der Waals surface area contributed by atoms with Crippen molar-refractivity contribution in [3.8, 4) is 0 Å². The number of hydrogen-bond acceptors (Lipinski definition) is 2. The number of rotatable bonds is 9.